The summed E-state index contributed by atoms with van der Waals surface area (Å²) in [6.45, 7) is 6.99. The molecular weight excluding hydrogens is 218 g/mol. The van der Waals surface area contributed by atoms with Crippen LogP contribution in [0, 0.1) is 0 Å². The van der Waals surface area contributed by atoms with E-state index < -0.39 is 0 Å². The van der Waals surface area contributed by atoms with Crippen LogP contribution >= 0.6 is 0 Å². The monoisotopic (exact) mass is 243 g/mol. The minimum Gasteiger partial charge on any atom is -0.409 e. The predicted molar refractivity (Wildman–Crippen MR) is 68.3 cm³/mol. The zero-order valence-corrected chi connectivity index (χ0v) is 10.9. The lowest BCUT2D eigenvalue weighted by Gasteiger charge is -2.37. The Balaban J connectivity index is 2.50. The number of hydrogen-bond donors (Lipinski definition) is 2. The SMILES string of the molecule is CCOC1CCCN(C(CC)C/C(N)=N/O)C1. The van der Waals surface area contributed by atoms with Crippen LogP contribution in [0.2, 0.25) is 0 Å². The third-order valence-corrected chi connectivity index (χ3v) is 3.37. The lowest BCUT2D eigenvalue weighted by atomic mass is 10.0. The second-order valence-corrected chi connectivity index (χ2v) is 4.57. The normalized spacial score (nSPS) is 24.8. The van der Waals surface area contributed by atoms with Crippen LogP contribution in [0.1, 0.15) is 39.5 Å². The maximum Gasteiger partial charge on any atom is 0.140 e. The summed E-state index contributed by atoms with van der Waals surface area (Å²) in [5.74, 6) is 0.315. The van der Waals surface area contributed by atoms with Gasteiger partial charge in [0.2, 0.25) is 0 Å². The Morgan fingerprint density at radius 1 is 1.59 bits per heavy atom. The number of oxime groups is 1. The van der Waals surface area contributed by atoms with Crippen molar-refractivity contribution in [3.8, 4) is 0 Å². The fraction of sp³-hybridized carbons (Fsp3) is 0.917. The summed E-state index contributed by atoms with van der Waals surface area (Å²) in [7, 11) is 0. The van der Waals surface area contributed by atoms with Crippen molar-refractivity contribution < 1.29 is 9.94 Å². The predicted octanol–water partition coefficient (Wildman–Crippen LogP) is 1.40. The van der Waals surface area contributed by atoms with Crippen molar-refractivity contribution in [1.82, 2.24) is 4.90 Å². The highest BCUT2D eigenvalue weighted by Gasteiger charge is 2.25. The van der Waals surface area contributed by atoms with E-state index in [-0.39, 0.29) is 0 Å². The molecule has 0 amide bonds. The van der Waals surface area contributed by atoms with Crippen LogP contribution < -0.4 is 5.73 Å². The molecule has 1 fully saturated rings. The van der Waals surface area contributed by atoms with Gasteiger partial charge in [0, 0.05) is 25.6 Å². The van der Waals surface area contributed by atoms with Crippen LogP contribution in [0.15, 0.2) is 5.16 Å². The molecule has 0 spiro atoms. The third kappa shape index (κ3) is 4.52. The lowest BCUT2D eigenvalue weighted by molar-refractivity contribution is -0.00702. The van der Waals surface area contributed by atoms with Crippen molar-refractivity contribution >= 4 is 5.84 Å². The van der Waals surface area contributed by atoms with E-state index in [4.69, 9.17) is 15.7 Å². The van der Waals surface area contributed by atoms with E-state index in [2.05, 4.69) is 17.0 Å². The highest BCUT2D eigenvalue weighted by atomic mass is 16.5. The molecule has 5 nitrogen and oxygen atoms in total. The highest BCUT2D eigenvalue weighted by Crippen LogP contribution is 2.18. The Kier molecular flexibility index (Phi) is 6.29. The average Bonchev–Trinajstić information content (AvgIpc) is 2.36. The van der Waals surface area contributed by atoms with Gasteiger partial charge in [0.05, 0.1) is 6.10 Å². The van der Waals surface area contributed by atoms with Gasteiger partial charge < -0.3 is 15.7 Å². The molecular formula is C12H25N3O2. The summed E-state index contributed by atoms with van der Waals surface area (Å²) in [6.07, 6.45) is 4.29. The van der Waals surface area contributed by atoms with Crippen LogP contribution in [0.25, 0.3) is 0 Å². The maximum atomic E-state index is 8.63. The highest BCUT2D eigenvalue weighted by molar-refractivity contribution is 5.80. The maximum absolute atomic E-state index is 8.63. The molecule has 17 heavy (non-hydrogen) atoms. The van der Waals surface area contributed by atoms with Gasteiger partial charge >= 0.3 is 0 Å². The number of rotatable bonds is 6. The second-order valence-electron chi connectivity index (χ2n) is 4.57. The summed E-state index contributed by atoms with van der Waals surface area (Å²) in [4.78, 5) is 2.40. The fourth-order valence-corrected chi connectivity index (χ4v) is 2.48. The zero-order valence-electron chi connectivity index (χ0n) is 10.9. The molecule has 5 heteroatoms. The van der Waals surface area contributed by atoms with E-state index in [1.54, 1.807) is 0 Å². The van der Waals surface area contributed by atoms with Crippen LogP contribution in [-0.4, -0.2) is 47.8 Å². The van der Waals surface area contributed by atoms with Gasteiger partial charge in [0.25, 0.3) is 0 Å². The van der Waals surface area contributed by atoms with Crippen molar-refractivity contribution in [3.05, 3.63) is 0 Å². The molecule has 0 aromatic carbocycles. The third-order valence-electron chi connectivity index (χ3n) is 3.37. The first-order valence-electron chi connectivity index (χ1n) is 6.53. The van der Waals surface area contributed by atoms with Gasteiger partial charge in [0.1, 0.15) is 5.84 Å². The molecule has 0 aromatic rings. The van der Waals surface area contributed by atoms with E-state index in [9.17, 15) is 0 Å². The van der Waals surface area contributed by atoms with Crippen molar-refractivity contribution in [3.63, 3.8) is 0 Å². The van der Waals surface area contributed by atoms with E-state index in [0.717, 1.165) is 39.0 Å². The molecule has 0 radical (unpaired) electrons. The Hall–Kier alpha value is -0.810. The number of hydrogen-bond acceptors (Lipinski definition) is 4. The topological polar surface area (TPSA) is 71.1 Å². The number of nitrogens with zero attached hydrogens (tertiary/aromatic N) is 2. The van der Waals surface area contributed by atoms with Gasteiger partial charge in [-0.3, -0.25) is 4.90 Å². The van der Waals surface area contributed by atoms with E-state index in [1.165, 1.54) is 0 Å². The molecule has 0 aliphatic carbocycles. The molecule has 1 rings (SSSR count). The molecule has 2 atom stereocenters. The number of ether oxygens (including phenoxy) is 1. The van der Waals surface area contributed by atoms with Gasteiger partial charge in [-0.25, -0.2) is 0 Å². The minimum atomic E-state index is 0.315. The minimum absolute atomic E-state index is 0.315. The quantitative estimate of drug-likeness (QED) is 0.320. The van der Waals surface area contributed by atoms with Gasteiger partial charge in [0.15, 0.2) is 0 Å². The molecule has 1 heterocycles. The Morgan fingerprint density at radius 2 is 2.35 bits per heavy atom. The van der Waals surface area contributed by atoms with Crippen LogP contribution in [-0.2, 0) is 4.74 Å². The summed E-state index contributed by atoms with van der Waals surface area (Å²) >= 11 is 0. The molecule has 1 aliphatic rings. The first-order chi connectivity index (χ1) is 8.21. The number of nitrogens with two attached hydrogens (primary N) is 1. The Labute approximate surface area is 104 Å². The largest absolute Gasteiger partial charge is 0.409 e. The second kappa shape index (κ2) is 7.50. The van der Waals surface area contributed by atoms with Gasteiger partial charge in [-0.2, -0.15) is 0 Å². The molecule has 0 aromatic heterocycles. The van der Waals surface area contributed by atoms with Crippen LogP contribution in [0.5, 0.6) is 0 Å². The smallest absolute Gasteiger partial charge is 0.140 e. The Bertz CT molecular complexity index is 244. The molecule has 1 aliphatic heterocycles. The molecule has 0 saturated carbocycles. The van der Waals surface area contributed by atoms with Crippen LogP contribution in [0.4, 0.5) is 0 Å². The standard InChI is InChI=1S/C12H25N3O2/c1-3-10(8-12(13)14-16)15-7-5-6-11(9-15)17-4-2/h10-11,16H,3-9H2,1-2H3,(H2,13,14). The molecule has 100 valence electrons. The number of amidine groups is 1. The molecule has 2 unspecified atom stereocenters. The van der Waals surface area contributed by atoms with Crippen LogP contribution in [0.3, 0.4) is 0 Å². The van der Waals surface area contributed by atoms with Crippen molar-refractivity contribution in [2.24, 2.45) is 10.9 Å². The summed E-state index contributed by atoms with van der Waals surface area (Å²) in [5, 5.41) is 11.7. The van der Waals surface area contributed by atoms with Gasteiger partial charge in [-0.15, -0.1) is 0 Å². The van der Waals surface area contributed by atoms with Gasteiger partial charge in [-0.05, 0) is 32.7 Å². The van der Waals surface area contributed by atoms with Crippen molar-refractivity contribution in [2.75, 3.05) is 19.7 Å². The van der Waals surface area contributed by atoms with Crippen molar-refractivity contribution in [2.45, 2.75) is 51.7 Å². The summed E-state index contributed by atoms with van der Waals surface area (Å²) < 4.78 is 5.69. The Morgan fingerprint density at radius 3 is 2.94 bits per heavy atom. The molecule has 3 N–H and O–H groups in total. The average molecular weight is 243 g/mol. The van der Waals surface area contributed by atoms with E-state index in [0.29, 0.717) is 24.4 Å². The number of piperidine rings is 1. The number of likely N-dealkylation sites (tertiary alicyclic amines) is 1. The molecule has 1 saturated heterocycles. The fourth-order valence-electron chi connectivity index (χ4n) is 2.48. The lowest BCUT2D eigenvalue weighted by Crippen LogP contribution is -2.46. The van der Waals surface area contributed by atoms with Crippen molar-refractivity contribution in [1.29, 1.82) is 0 Å². The summed E-state index contributed by atoms with van der Waals surface area (Å²) in [6, 6.07) is 0.356. The first kappa shape index (κ1) is 14.3. The molecule has 0 bridgehead atoms. The summed E-state index contributed by atoms with van der Waals surface area (Å²) in [5.41, 5.74) is 5.59. The first-order valence-corrected chi connectivity index (χ1v) is 6.53. The zero-order chi connectivity index (χ0) is 12.7. The van der Waals surface area contributed by atoms with E-state index >= 15 is 0 Å². The van der Waals surface area contributed by atoms with E-state index in [1.807, 2.05) is 6.92 Å². The van der Waals surface area contributed by atoms with Gasteiger partial charge in [-0.1, -0.05) is 12.1 Å².